The summed E-state index contributed by atoms with van der Waals surface area (Å²) in [5, 5.41) is 11.8. The maximum absolute atomic E-state index is 12.7. The van der Waals surface area contributed by atoms with Gasteiger partial charge in [-0.3, -0.25) is 0 Å². The Morgan fingerprint density at radius 1 is 1.36 bits per heavy atom. The van der Waals surface area contributed by atoms with E-state index in [0.29, 0.717) is 18.7 Å². The van der Waals surface area contributed by atoms with Gasteiger partial charge in [-0.05, 0) is 24.6 Å². The lowest BCUT2D eigenvalue weighted by atomic mass is 10.2. The third kappa shape index (κ3) is 3.40. The topological polar surface area (TPSA) is 32.3 Å². The lowest BCUT2D eigenvalue weighted by molar-refractivity contribution is 0.191. The average Bonchev–Trinajstić information content (AvgIpc) is 2.10. The van der Waals surface area contributed by atoms with Crippen molar-refractivity contribution in [2.75, 3.05) is 6.54 Å². The molecule has 0 aliphatic carbocycles. The van der Waals surface area contributed by atoms with Crippen molar-refractivity contribution >= 4 is 0 Å². The van der Waals surface area contributed by atoms with Gasteiger partial charge in [-0.15, -0.1) is 0 Å². The van der Waals surface area contributed by atoms with Gasteiger partial charge in [-0.25, -0.2) is 8.78 Å². The van der Waals surface area contributed by atoms with Crippen LogP contribution in [0.3, 0.4) is 0 Å². The van der Waals surface area contributed by atoms with Crippen molar-refractivity contribution in [2.45, 2.75) is 19.6 Å². The van der Waals surface area contributed by atoms with E-state index in [4.69, 9.17) is 5.11 Å². The van der Waals surface area contributed by atoms with E-state index in [1.807, 2.05) is 0 Å². The Bertz CT molecular complexity index is 302. The molecule has 4 heteroatoms. The van der Waals surface area contributed by atoms with Crippen LogP contribution in [0, 0.1) is 11.6 Å². The van der Waals surface area contributed by atoms with E-state index >= 15 is 0 Å². The Morgan fingerprint density at radius 2 is 2.07 bits per heavy atom. The summed E-state index contributed by atoms with van der Waals surface area (Å²) in [7, 11) is 0. The van der Waals surface area contributed by atoms with Gasteiger partial charge in [0, 0.05) is 13.1 Å². The van der Waals surface area contributed by atoms with E-state index < -0.39 is 17.7 Å². The maximum atomic E-state index is 12.7. The Labute approximate surface area is 81.6 Å². The van der Waals surface area contributed by atoms with Crippen molar-refractivity contribution in [3.8, 4) is 0 Å². The number of hydrogen-bond donors (Lipinski definition) is 2. The molecule has 0 aliphatic heterocycles. The van der Waals surface area contributed by atoms with Crippen LogP contribution in [0.25, 0.3) is 0 Å². The molecular weight excluding hydrogens is 188 g/mol. The van der Waals surface area contributed by atoms with Crippen LogP contribution in [0.5, 0.6) is 0 Å². The van der Waals surface area contributed by atoms with Crippen LogP contribution in [-0.4, -0.2) is 17.8 Å². The number of nitrogens with one attached hydrogen (secondary N) is 1. The fourth-order valence-corrected chi connectivity index (χ4v) is 1.07. The largest absolute Gasteiger partial charge is 0.392 e. The van der Waals surface area contributed by atoms with Crippen LogP contribution in [0.4, 0.5) is 8.78 Å². The third-order valence-corrected chi connectivity index (χ3v) is 1.75. The van der Waals surface area contributed by atoms with Crippen molar-refractivity contribution < 1.29 is 13.9 Å². The van der Waals surface area contributed by atoms with E-state index in [0.717, 1.165) is 12.1 Å². The number of benzene rings is 1. The van der Waals surface area contributed by atoms with Crippen LogP contribution < -0.4 is 5.32 Å². The van der Waals surface area contributed by atoms with Gasteiger partial charge in [0.05, 0.1) is 6.10 Å². The maximum Gasteiger partial charge on any atom is 0.159 e. The molecule has 1 aromatic rings. The highest BCUT2D eigenvalue weighted by molar-refractivity contribution is 5.17. The van der Waals surface area contributed by atoms with Crippen LogP contribution in [0.15, 0.2) is 18.2 Å². The molecule has 1 unspecified atom stereocenters. The minimum absolute atomic E-state index is 0.419. The molecule has 0 heterocycles. The summed E-state index contributed by atoms with van der Waals surface area (Å²) in [6.45, 7) is 2.50. The van der Waals surface area contributed by atoms with E-state index in [9.17, 15) is 8.78 Å². The number of rotatable bonds is 4. The molecule has 0 saturated carbocycles. The van der Waals surface area contributed by atoms with Gasteiger partial charge in [0.15, 0.2) is 11.6 Å². The molecule has 2 N–H and O–H groups in total. The van der Waals surface area contributed by atoms with Crippen molar-refractivity contribution in [1.82, 2.24) is 5.32 Å². The molecular formula is C10H13F2NO. The highest BCUT2D eigenvalue weighted by Gasteiger charge is 2.02. The van der Waals surface area contributed by atoms with Gasteiger partial charge in [-0.2, -0.15) is 0 Å². The second-order valence-corrected chi connectivity index (χ2v) is 3.23. The second-order valence-electron chi connectivity index (χ2n) is 3.23. The van der Waals surface area contributed by atoms with Gasteiger partial charge in [-0.1, -0.05) is 6.07 Å². The number of halogens is 2. The minimum Gasteiger partial charge on any atom is -0.392 e. The van der Waals surface area contributed by atoms with Crippen molar-refractivity contribution in [3.05, 3.63) is 35.4 Å². The number of aliphatic hydroxyl groups is 1. The van der Waals surface area contributed by atoms with Crippen LogP contribution >= 0.6 is 0 Å². The normalized spacial score (nSPS) is 12.9. The van der Waals surface area contributed by atoms with Crippen molar-refractivity contribution in [2.24, 2.45) is 0 Å². The Kier molecular flexibility index (Phi) is 3.98. The summed E-state index contributed by atoms with van der Waals surface area (Å²) >= 11 is 0. The molecule has 1 atom stereocenters. The third-order valence-electron chi connectivity index (χ3n) is 1.75. The predicted molar refractivity (Wildman–Crippen MR) is 49.7 cm³/mol. The number of hydrogen-bond acceptors (Lipinski definition) is 2. The Hall–Kier alpha value is -1.00. The second kappa shape index (κ2) is 5.02. The molecule has 0 fully saturated rings. The lowest BCUT2D eigenvalue weighted by Gasteiger charge is -2.06. The molecule has 0 bridgehead atoms. The van der Waals surface area contributed by atoms with Crippen LogP contribution in [0.2, 0.25) is 0 Å². The smallest absolute Gasteiger partial charge is 0.159 e. The molecule has 78 valence electrons. The molecule has 1 rings (SSSR count). The molecule has 0 radical (unpaired) electrons. The molecule has 14 heavy (non-hydrogen) atoms. The molecule has 1 aromatic carbocycles. The highest BCUT2D eigenvalue weighted by Crippen LogP contribution is 2.08. The molecule has 0 saturated heterocycles. The van der Waals surface area contributed by atoms with Crippen LogP contribution in [0.1, 0.15) is 12.5 Å². The zero-order valence-electron chi connectivity index (χ0n) is 7.93. The van der Waals surface area contributed by atoms with Gasteiger partial charge < -0.3 is 10.4 Å². The fraction of sp³-hybridized carbons (Fsp3) is 0.400. The lowest BCUT2D eigenvalue weighted by Crippen LogP contribution is -2.23. The SMILES string of the molecule is CC(O)CNCc1ccc(F)c(F)c1. The summed E-state index contributed by atoms with van der Waals surface area (Å²) in [6, 6.07) is 3.74. The first-order valence-corrected chi connectivity index (χ1v) is 4.42. The Morgan fingerprint density at radius 3 is 2.64 bits per heavy atom. The first kappa shape index (κ1) is 11.1. The van der Waals surface area contributed by atoms with E-state index in [-0.39, 0.29) is 0 Å². The summed E-state index contributed by atoms with van der Waals surface area (Å²) in [6.07, 6.45) is -0.444. The van der Waals surface area contributed by atoms with E-state index in [1.54, 1.807) is 6.92 Å². The van der Waals surface area contributed by atoms with Crippen molar-refractivity contribution in [1.29, 1.82) is 0 Å². The zero-order chi connectivity index (χ0) is 10.6. The first-order chi connectivity index (χ1) is 6.59. The zero-order valence-corrected chi connectivity index (χ0v) is 7.93. The highest BCUT2D eigenvalue weighted by atomic mass is 19.2. The summed E-state index contributed by atoms with van der Waals surface area (Å²) in [4.78, 5) is 0. The van der Waals surface area contributed by atoms with E-state index in [2.05, 4.69) is 5.32 Å². The van der Waals surface area contributed by atoms with Gasteiger partial charge >= 0.3 is 0 Å². The Balaban J connectivity index is 2.47. The monoisotopic (exact) mass is 201 g/mol. The average molecular weight is 201 g/mol. The van der Waals surface area contributed by atoms with E-state index in [1.165, 1.54) is 6.07 Å². The summed E-state index contributed by atoms with van der Waals surface area (Å²) in [5.74, 6) is -1.69. The minimum atomic E-state index is -0.846. The molecule has 0 amide bonds. The van der Waals surface area contributed by atoms with Gasteiger partial charge in [0.2, 0.25) is 0 Å². The summed E-state index contributed by atoms with van der Waals surface area (Å²) in [5.41, 5.74) is 0.657. The van der Waals surface area contributed by atoms with Gasteiger partial charge in [0.1, 0.15) is 0 Å². The molecule has 2 nitrogen and oxygen atoms in total. The molecule has 0 aliphatic rings. The van der Waals surface area contributed by atoms with Gasteiger partial charge in [0.25, 0.3) is 0 Å². The number of aliphatic hydroxyl groups excluding tert-OH is 1. The first-order valence-electron chi connectivity index (χ1n) is 4.42. The van der Waals surface area contributed by atoms with Crippen LogP contribution in [-0.2, 0) is 6.54 Å². The predicted octanol–water partition coefficient (Wildman–Crippen LogP) is 1.44. The summed E-state index contributed by atoms with van der Waals surface area (Å²) < 4.78 is 25.2. The standard InChI is InChI=1S/C10H13F2NO/c1-7(14)5-13-6-8-2-3-9(11)10(12)4-8/h2-4,7,13-14H,5-6H2,1H3. The molecule has 0 aromatic heterocycles. The molecule has 0 spiro atoms. The fourth-order valence-electron chi connectivity index (χ4n) is 1.07. The van der Waals surface area contributed by atoms with Crippen molar-refractivity contribution in [3.63, 3.8) is 0 Å². The quantitative estimate of drug-likeness (QED) is 0.772.